The molecule has 0 spiro atoms. The van der Waals surface area contributed by atoms with Crippen LogP contribution in [0, 0.1) is 10.1 Å². The van der Waals surface area contributed by atoms with Gasteiger partial charge in [-0.1, -0.05) is 18.2 Å². The van der Waals surface area contributed by atoms with E-state index in [0.29, 0.717) is 11.3 Å². The fourth-order valence-corrected chi connectivity index (χ4v) is 1.75. The molecule has 1 amide bonds. The SMILES string of the molecule is NNc1ccnc(C(=O)NCc2ccccc2[N+](=O)[O-])c1. The van der Waals surface area contributed by atoms with Gasteiger partial charge in [-0.05, 0) is 12.1 Å². The van der Waals surface area contributed by atoms with Crippen LogP contribution < -0.4 is 16.6 Å². The zero-order valence-corrected chi connectivity index (χ0v) is 10.9. The second-order valence-corrected chi connectivity index (χ2v) is 4.14. The lowest BCUT2D eigenvalue weighted by Gasteiger charge is -2.06. The summed E-state index contributed by atoms with van der Waals surface area (Å²) in [6.45, 7) is 0.0396. The standard InChI is InChI=1S/C13H13N5O3/c14-17-10-5-6-15-11(7-10)13(19)16-8-9-3-1-2-4-12(9)18(20)21/h1-7H,8,14H2,(H,15,17)(H,16,19). The smallest absolute Gasteiger partial charge is 0.274 e. The zero-order chi connectivity index (χ0) is 15.2. The number of hydrazine groups is 1. The Morgan fingerprint density at radius 1 is 1.33 bits per heavy atom. The van der Waals surface area contributed by atoms with Gasteiger partial charge in [-0.2, -0.15) is 0 Å². The van der Waals surface area contributed by atoms with Gasteiger partial charge < -0.3 is 10.7 Å². The lowest BCUT2D eigenvalue weighted by molar-refractivity contribution is -0.385. The minimum absolute atomic E-state index is 0.0388. The van der Waals surface area contributed by atoms with Crippen molar-refractivity contribution < 1.29 is 9.72 Å². The van der Waals surface area contributed by atoms with E-state index in [2.05, 4.69) is 15.7 Å². The molecule has 0 radical (unpaired) electrons. The number of hydrogen-bond donors (Lipinski definition) is 3. The van der Waals surface area contributed by atoms with Crippen molar-refractivity contribution in [3.8, 4) is 0 Å². The molecule has 8 heteroatoms. The fourth-order valence-electron chi connectivity index (χ4n) is 1.75. The molecule has 1 aromatic heterocycles. The molecule has 8 nitrogen and oxygen atoms in total. The number of nitrogens with two attached hydrogens (primary N) is 1. The highest BCUT2D eigenvalue weighted by atomic mass is 16.6. The van der Waals surface area contributed by atoms with Crippen molar-refractivity contribution in [2.24, 2.45) is 5.84 Å². The molecule has 21 heavy (non-hydrogen) atoms. The molecule has 2 aromatic rings. The van der Waals surface area contributed by atoms with Gasteiger partial charge in [0, 0.05) is 24.4 Å². The van der Waals surface area contributed by atoms with Crippen LogP contribution in [0.5, 0.6) is 0 Å². The quantitative estimate of drug-likeness (QED) is 0.431. The monoisotopic (exact) mass is 287 g/mol. The maximum atomic E-state index is 12.0. The predicted octanol–water partition coefficient (Wildman–Crippen LogP) is 1.21. The van der Waals surface area contributed by atoms with Crippen molar-refractivity contribution in [3.63, 3.8) is 0 Å². The molecule has 0 saturated carbocycles. The third kappa shape index (κ3) is 3.51. The number of carbonyl (C=O) groups excluding carboxylic acids is 1. The summed E-state index contributed by atoms with van der Waals surface area (Å²) in [7, 11) is 0. The van der Waals surface area contributed by atoms with Crippen molar-refractivity contribution in [2.75, 3.05) is 5.43 Å². The summed E-state index contributed by atoms with van der Waals surface area (Å²) < 4.78 is 0. The molecule has 1 heterocycles. The van der Waals surface area contributed by atoms with Gasteiger partial charge in [0.2, 0.25) is 0 Å². The minimum atomic E-state index is -0.487. The number of carbonyl (C=O) groups is 1. The van der Waals surface area contributed by atoms with Crippen molar-refractivity contribution in [3.05, 3.63) is 64.0 Å². The summed E-state index contributed by atoms with van der Waals surface area (Å²) in [6.07, 6.45) is 1.44. The first-order valence-corrected chi connectivity index (χ1v) is 6.05. The Labute approximate surface area is 120 Å². The predicted molar refractivity (Wildman–Crippen MR) is 76.3 cm³/mol. The van der Waals surface area contributed by atoms with E-state index in [-0.39, 0.29) is 17.9 Å². The Balaban J connectivity index is 2.09. The first-order chi connectivity index (χ1) is 10.1. The second-order valence-electron chi connectivity index (χ2n) is 4.14. The first kappa shape index (κ1) is 14.4. The Hall–Kier alpha value is -3.00. The molecular weight excluding hydrogens is 274 g/mol. The average Bonchev–Trinajstić information content (AvgIpc) is 2.52. The van der Waals surface area contributed by atoms with E-state index in [1.54, 1.807) is 24.3 Å². The van der Waals surface area contributed by atoms with Crippen LogP contribution >= 0.6 is 0 Å². The van der Waals surface area contributed by atoms with E-state index < -0.39 is 10.8 Å². The third-order valence-corrected chi connectivity index (χ3v) is 2.79. The number of nitro benzene ring substituents is 1. The van der Waals surface area contributed by atoms with Gasteiger partial charge in [0.15, 0.2) is 0 Å². The molecular formula is C13H13N5O3. The van der Waals surface area contributed by atoms with Crippen LogP contribution in [0.4, 0.5) is 11.4 Å². The van der Waals surface area contributed by atoms with E-state index in [9.17, 15) is 14.9 Å². The molecule has 0 bridgehead atoms. The minimum Gasteiger partial charge on any atom is -0.346 e. The number of anilines is 1. The number of benzene rings is 1. The summed E-state index contributed by atoms with van der Waals surface area (Å²) in [5, 5.41) is 13.5. The molecule has 2 rings (SSSR count). The number of aromatic nitrogens is 1. The summed E-state index contributed by atoms with van der Waals surface area (Å²) >= 11 is 0. The first-order valence-electron chi connectivity index (χ1n) is 6.05. The van der Waals surface area contributed by atoms with Crippen molar-refractivity contribution in [2.45, 2.75) is 6.54 Å². The van der Waals surface area contributed by atoms with Crippen LogP contribution in [-0.4, -0.2) is 15.8 Å². The van der Waals surface area contributed by atoms with Gasteiger partial charge in [0.1, 0.15) is 5.69 Å². The van der Waals surface area contributed by atoms with Gasteiger partial charge in [-0.25, -0.2) is 0 Å². The maximum absolute atomic E-state index is 12.0. The summed E-state index contributed by atoms with van der Waals surface area (Å²) in [4.78, 5) is 26.3. The third-order valence-electron chi connectivity index (χ3n) is 2.79. The lowest BCUT2D eigenvalue weighted by Crippen LogP contribution is -2.24. The number of rotatable bonds is 5. The molecule has 4 N–H and O–H groups in total. The van der Waals surface area contributed by atoms with Crippen LogP contribution in [-0.2, 0) is 6.54 Å². The summed E-state index contributed by atoms with van der Waals surface area (Å²) in [6, 6.07) is 9.31. The highest BCUT2D eigenvalue weighted by Crippen LogP contribution is 2.17. The number of nitrogens with zero attached hydrogens (tertiary/aromatic N) is 2. The number of pyridine rings is 1. The molecule has 0 aliphatic carbocycles. The number of nitro groups is 1. The second kappa shape index (κ2) is 6.44. The number of nitrogen functional groups attached to an aromatic ring is 1. The van der Waals surface area contributed by atoms with E-state index >= 15 is 0 Å². The molecule has 1 aromatic carbocycles. The molecule has 108 valence electrons. The van der Waals surface area contributed by atoms with Gasteiger partial charge in [-0.15, -0.1) is 0 Å². The molecule has 0 aliphatic heterocycles. The Kier molecular flexibility index (Phi) is 4.42. The summed E-state index contributed by atoms with van der Waals surface area (Å²) in [5.74, 6) is 4.81. The normalized spacial score (nSPS) is 9.95. The van der Waals surface area contributed by atoms with Crippen LogP contribution in [0.2, 0.25) is 0 Å². The number of amides is 1. The van der Waals surface area contributed by atoms with Gasteiger partial charge in [-0.3, -0.25) is 25.7 Å². The van der Waals surface area contributed by atoms with Gasteiger partial charge >= 0.3 is 0 Å². The molecule has 0 fully saturated rings. The topological polar surface area (TPSA) is 123 Å². The molecule has 0 saturated heterocycles. The van der Waals surface area contributed by atoms with Crippen LogP contribution in [0.25, 0.3) is 0 Å². The Morgan fingerprint density at radius 3 is 2.81 bits per heavy atom. The van der Waals surface area contributed by atoms with Crippen LogP contribution in [0.3, 0.4) is 0 Å². The largest absolute Gasteiger partial charge is 0.346 e. The lowest BCUT2D eigenvalue weighted by atomic mass is 10.2. The van der Waals surface area contributed by atoms with E-state index in [4.69, 9.17) is 5.84 Å². The van der Waals surface area contributed by atoms with Crippen molar-refractivity contribution in [1.29, 1.82) is 0 Å². The number of para-hydroxylation sites is 1. The van der Waals surface area contributed by atoms with Gasteiger partial charge in [0.05, 0.1) is 10.6 Å². The average molecular weight is 287 g/mol. The van der Waals surface area contributed by atoms with Gasteiger partial charge in [0.25, 0.3) is 11.6 Å². The Bertz CT molecular complexity index is 674. The highest BCUT2D eigenvalue weighted by molar-refractivity contribution is 5.93. The van der Waals surface area contributed by atoms with Crippen molar-refractivity contribution in [1.82, 2.24) is 10.3 Å². The van der Waals surface area contributed by atoms with Crippen molar-refractivity contribution >= 4 is 17.3 Å². The highest BCUT2D eigenvalue weighted by Gasteiger charge is 2.14. The Morgan fingerprint density at radius 2 is 2.10 bits per heavy atom. The van der Waals surface area contributed by atoms with E-state index in [1.807, 2.05) is 0 Å². The zero-order valence-electron chi connectivity index (χ0n) is 10.9. The van der Waals surface area contributed by atoms with Crippen LogP contribution in [0.1, 0.15) is 16.1 Å². The molecule has 0 aliphatic rings. The fraction of sp³-hybridized carbons (Fsp3) is 0.0769. The van der Waals surface area contributed by atoms with Crippen LogP contribution in [0.15, 0.2) is 42.6 Å². The van der Waals surface area contributed by atoms with E-state index in [1.165, 1.54) is 18.3 Å². The number of hydrogen-bond acceptors (Lipinski definition) is 6. The molecule has 0 atom stereocenters. The number of nitrogens with one attached hydrogen (secondary N) is 2. The molecule has 0 unspecified atom stereocenters. The summed E-state index contributed by atoms with van der Waals surface area (Å²) in [5.41, 5.74) is 3.51. The van der Waals surface area contributed by atoms with E-state index in [0.717, 1.165) is 0 Å². The maximum Gasteiger partial charge on any atom is 0.274 e.